The van der Waals surface area contributed by atoms with E-state index in [1.54, 1.807) is 6.20 Å². The van der Waals surface area contributed by atoms with E-state index in [0.717, 1.165) is 44.6 Å². The third-order valence-corrected chi connectivity index (χ3v) is 3.62. The zero-order chi connectivity index (χ0) is 13.7. The molecular weight excluding hydrogens is 262 g/mol. The fraction of sp³-hybridized carbons (Fsp3) is 0.571. The Morgan fingerprint density at radius 2 is 2.47 bits per heavy atom. The van der Waals surface area contributed by atoms with Crippen LogP contribution in [0.4, 0.5) is 5.69 Å². The maximum atomic E-state index is 12.0. The lowest BCUT2D eigenvalue weighted by molar-refractivity contribution is -0.125. The highest BCUT2D eigenvalue weighted by Gasteiger charge is 2.25. The van der Waals surface area contributed by atoms with Crippen molar-refractivity contribution in [3.8, 4) is 0 Å². The normalized spacial score (nSPS) is 19.3. The molecule has 4 nitrogen and oxygen atoms in total. The van der Waals surface area contributed by atoms with Crippen LogP contribution in [0.15, 0.2) is 18.3 Å². The van der Waals surface area contributed by atoms with E-state index in [2.05, 4.69) is 22.1 Å². The standard InChI is InChI=1S/C14H20ClN3O/c1-2-6-17-14(19)11-4-3-8-18(10-11)12-5-7-16-13(15)9-12/h5,7,9,11H,2-4,6,8,10H2,1H3,(H,17,19). The Hall–Kier alpha value is -1.29. The Kier molecular flexibility index (Phi) is 5.02. The minimum Gasteiger partial charge on any atom is -0.371 e. The minimum atomic E-state index is 0.0761. The molecule has 1 fully saturated rings. The predicted molar refractivity (Wildman–Crippen MR) is 77.5 cm³/mol. The average Bonchev–Trinajstić information content (AvgIpc) is 2.45. The topological polar surface area (TPSA) is 45.2 Å². The Labute approximate surface area is 119 Å². The van der Waals surface area contributed by atoms with E-state index in [0.29, 0.717) is 5.15 Å². The van der Waals surface area contributed by atoms with Gasteiger partial charge in [-0.1, -0.05) is 18.5 Å². The molecule has 0 radical (unpaired) electrons. The third-order valence-electron chi connectivity index (χ3n) is 3.42. The lowest BCUT2D eigenvalue weighted by Gasteiger charge is -2.33. The second kappa shape index (κ2) is 6.75. The smallest absolute Gasteiger partial charge is 0.224 e. The minimum absolute atomic E-state index is 0.0761. The first-order valence-electron chi connectivity index (χ1n) is 6.85. The predicted octanol–water partition coefficient (Wildman–Crippen LogP) is 2.48. The zero-order valence-electron chi connectivity index (χ0n) is 11.2. The summed E-state index contributed by atoms with van der Waals surface area (Å²) in [5.41, 5.74) is 1.05. The quantitative estimate of drug-likeness (QED) is 0.863. The Morgan fingerprint density at radius 1 is 1.63 bits per heavy atom. The van der Waals surface area contributed by atoms with Crippen molar-refractivity contribution < 1.29 is 4.79 Å². The molecule has 19 heavy (non-hydrogen) atoms. The number of halogens is 1. The summed E-state index contributed by atoms with van der Waals surface area (Å²) in [6.07, 6.45) is 4.68. The number of aromatic nitrogens is 1. The summed E-state index contributed by atoms with van der Waals surface area (Å²) in [7, 11) is 0. The molecule has 1 saturated heterocycles. The second-order valence-corrected chi connectivity index (χ2v) is 5.30. The van der Waals surface area contributed by atoms with Gasteiger partial charge in [0.25, 0.3) is 0 Å². The van der Waals surface area contributed by atoms with Gasteiger partial charge in [0.15, 0.2) is 0 Å². The molecule has 2 heterocycles. The highest BCUT2D eigenvalue weighted by molar-refractivity contribution is 6.29. The van der Waals surface area contributed by atoms with Gasteiger partial charge in [-0.25, -0.2) is 4.98 Å². The monoisotopic (exact) mass is 281 g/mol. The molecule has 0 saturated carbocycles. The molecule has 5 heteroatoms. The van der Waals surface area contributed by atoms with Gasteiger partial charge in [-0.3, -0.25) is 4.79 Å². The van der Waals surface area contributed by atoms with E-state index in [9.17, 15) is 4.79 Å². The van der Waals surface area contributed by atoms with Crippen LogP contribution >= 0.6 is 11.6 Å². The molecule has 1 N–H and O–H groups in total. The molecule has 104 valence electrons. The molecule has 1 aliphatic rings. The van der Waals surface area contributed by atoms with Crippen LogP contribution in [0.5, 0.6) is 0 Å². The van der Waals surface area contributed by atoms with Crippen molar-refractivity contribution in [3.05, 3.63) is 23.5 Å². The number of piperidine rings is 1. The molecular formula is C14H20ClN3O. The highest BCUT2D eigenvalue weighted by Crippen LogP contribution is 2.24. The molecule has 0 bridgehead atoms. The number of hydrogen-bond donors (Lipinski definition) is 1. The first kappa shape index (κ1) is 14.1. The summed E-state index contributed by atoms with van der Waals surface area (Å²) >= 11 is 5.91. The number of carbonyl (C=O) groups is 1. The number of anilines is 1. The number of hydrogen-bond acceptors (Lipinski definition) is 3. The van der Waals surface area contributed by atoms with E-state index in [-0.39, 0.29) is 11.8 Å². The van der Waals surface area contributed by atoms with Crippen molar-refractivity contribution in [2.45, 2.75) is 26.2 Å². The number of nitrogens with zero attached hydrogens (tertiary/aromatic N) is 2. The number of pyridine rings is 1. The van der Waals surface area contributed by atoms with Gasteiger partial charge >= 0.3 is 0 Å². The van der Waals surface area contributed by atoms with Gasteiger partial charge in [-0.15, -0.1) is 0 Å². The van der Waals surface area contributed by atoms with Crippen LogP contribution in [0.3, 0.4) is 0 Å². The van der Waals surface area contributed by atoms with Crippen LogP contribution in [-0.4, -0.2) is 30.5 Å². The molecule has 1 aromatic rings. The third kappa shape index (κ3) is 3.83. The Morgan fingerprint density at radius 3 is 3.21 bits per heavy atom. The fourth-order valence-corrected chi connectivity index (χ4v) is 2.58. The van der Waals surface area contributed by atoms with E-state index >= 15 is 0 Å². The highest BCUT2D eigenvalue weighted by atomic mass is 35.5. The van der Waals surface area contributed by atoms with Crippen LogP contribution in [0.2, 0.25) is 5.15 Å². The van der Waals surface area contributed by atoms with Crippen molar-refractivity contribution in [2.75, 3.05) is 24.5 Å². The summed E-state index contributed by atoms with van der Waals surface area (Å²) in [5.74, 6) is 0.249. The molecule has 2 rings (SSSR count). The Bertz CT molecular complexity index is 438. The summed E-state index contributed by atoms with van der Waals surface area (Å²) in [6, 6.07) is 3.80. The molecule has 0 aliphatic carbocycles. The first-order chi connectivity index (χ1) is 9.20. The molecule has 0 aromatic carbocycles. The van der Waals surface area contributed by atoms with Crippen molar-refractivity contribution in [3.63, 3.8) is 0 Å². The molecule has 1 amide bonds. The van der Waals surface area contributed by atoms with Crippen LogP contribution in [-0.2, 0) is 4.79 Å². The first-order valence-corrected chi connectivity index (χ1v) is 7.22. The van der Waals surface area contributed by atoms with E-state index in [4.69, 9.17) is 11.6 Å². The molecule has 1 aromatic heterocycles. The summed E-state index contributed by atoms with van der Waals surface area (Å²) in [5, 5.41) is 3.48. The molecule has 1 atom stereocenters. The van der Waals surface area contributed by atoms with Crippen molar-refractivity contribution in [2.24, 2.45) is 5.92 Å². The fourth-order valence-electron chi connectivity index (χ4n) is 2.41. The van der Waals surface area contributed by atoms with Gasteiger partial charge in [0, 0.05) is 31.5 Å². The lowest BCUT2D eigenvalue weighted by Crippen LogP contribution is -2.43. The SMILES string of the molecule is CCCNC(=O)C1CCCN(c2ccnc(Cl)c2)C1. The van der Waals surface area contributed by atoms with E-state index in [1.807, 2.05) is 12.1 Å². The molecule has 1 unspecified atom stereocenters. The molecule has 0 spiro atoms. The van der Waals surface area contributed by atoms with Crippen molar-refractivity contribution in [1.29, 1.82) is 0 Å². The van der Waals surface area contributed by atoms with Crippen LogP contribution in [0.1, 0.15) is 26.2 Å². The molecule has 1 aliphatic heterocycles. The van der Waals surface area contributed by atoms with Gasteiger partial charge in [-0.2, -0.15) is 0 Å². The van der Waals surface area contributed by atoms with E-state index < -0.39 is 0 Å². The largest absolute Gasteiger partial charge is 0.371 e. The Balaban J connectivity index is 1.99. The zero-order valence-corrected chi connectivity index (χ0v) is 12.0. The average molecular weight is 282 g/mol. The maximum absolute atomic E-state index is 12.0. The van der Waals surface area contributed by atoms with E-state index in [1.165, 1.54) is 0 Å². The number of nitrogens with one attached hydrogen (secondary N) is 1. The van der Waals surface area contributed by atoms with Gasteiger partial charge in [0.05, 0.1) is 5.92 Å². The number of rotatable bonds is 4. The summed E-state index contributed by atoms with van der Waals surface area (Å²) in [6.45, 7) is 4.55. The number of amides is 1. The maximum Gasteiger partial charge on any atom is 0.224 e. The second-order valence-electron chi connectivity index (χ2n) is 4.91. The van der Waals surface area contributed by atoms with Crippen LogP contribution in [0.25, 0.3) is 0 Å². The van der Waals surface area contributed by atoms with Gasteiger partial charge in [0.1, 0.15) is 5.15 Å². The van der Waals surface area contributed by atoms with Gasteiger partial charge in [-0.05, 0) is 31.4 Å². The van der Waals surface area contributed by atoms with Gasteiger partial charge in [0.2, 0.25) is 5.91 Å². The summed E-state index contributed by atoms with van der Waals surface area (Å²) < 4.78 is 0. The number of carbonyl (C=O) groups excluding carboxylic acids is 1. The van der Waals surface area contributed by atoms with Crippen LogP contribution in [0, 0.1) is 5.92 Å². The lowest BCUT2D eigenvalue weighted by atomic mass is 9.96. The van der Waals surface area contributed by atoms with Crippen molar-refractivity contribution >= 4 is 23.2 Å². The van der Waals surface area contributed by atoms with Crippen molar-refractivity contribution in [1.82, 2.24) is 10.3 Å². The van der Waals surface area contributed by atoms with Crippen LogP contribution < -0.4 is 10.2 Å². The van der Waals surface area contributed by atoms with Gasteiger partial charge < -0.3 is 10.2 Å². The summed E-state index contributed by atoms with van der Waals surface area (Å²) in [4.78, 5) is 18.2.